The lowest BCUT2D eigenvalue weighted by Gasteiger charge is -2.55. The number of hydrogen-bond donors (Lipinski definition) is 2. The predicted octanol–water partition coefficient (Wildman–Crippen LogP) is 3.66. The molecule has 0 spiro atoms. The molecule has 3 aromatic rings. The van der Waals surface area contributed by atoms with Crippen LogP contribution in [0.5, 0.6) is 0 Å². The SMILES string of the molecule is CC(C)(C(=O)Nc1ccc(C#N)c(C(F)(F)F)c1)n1cc(C2CCN(C3CN(C4CN(c5ccc6c(c5)CN(C5CCC(=O)NC5=O)C6=O)C4)C3)CC2)cn1. The molecule has 0 aliphatic carbocycles. The molecule has 6 heterocycles. The summed E-state index contributed by atoms with van der Waals surface area (Å²) in [5.41, 5.74) is 0.795. The molecule has 2 N–H and O–H groups in total. The van der Waals surface area contributed by atoms with E-state index in [0.29, 0.717) is 30.6 Å². The van der Waals surface area contributed by atoms with Gasteiger partial charge in [-0.05, 0) is 99.6 Å². The molecule has 55 heavy (non-hydrogen) atoms. The Hall–Kier alpha value is -5.27. The fourth-order valence-corrected chi connectivity index (χ4v) is 8.46. The van der Waals surface area contributed by atoms with Gasteiger partial charge in [0.05, 0.1) is 23.4 Å². The van der Waals surface area contributed by atoms with E-state index in [1.165, 1.54) is 6.07 Å². The summed E-state index contributed by atoms with van der Waals surface area (Å²) >= 11 is 0. The van der Waals surface area contributed by atoms with Gasteiger partial charge in [0.1, 0.15) is 11.6 Å². The maximum absolute atomic E-state index is 13.5. The standard InChI is InChI=1S/C39H42F3N9O4/c1-38(2,37(55)45-27-4-3-24(15-43)32(14-27)39(40,41)42)51-18-26(16-44-51)23-9-11-47(12-10-23)29-19-49(20-29)30-21-48(22-30)28-5-6-31-25(13-28)17-50(36(31)54)33-7-8-34(52)46-35(33)53/h3-6,13-14,16,18,23,29-30,33H,7-12,17,19-22H2,1-2H3,(H,45,55)(H,46,52,53). The summed E-state index contributed by atoms with van der Waals surface area (Å²) in [6.07, 6.45) is 1.40. The number of benzene rings is 2. The summed E-state index contributed by atoms with van der Waals surface area (Å²) in [7, 11) is 0. The predicted molar refractivity (Wildman–Crippen MR) is 194 cm³/mol. The third-order valence-electron chi connectivity index (χ3n) is 12.1. The van der Waals surface area contributed by atoms with Crippen LogP contribution in [0.2, 0.25) is 0 Å². The molecule has 4 fully saturated rings. The number of carbonyl (C=O) groups excluding carboxylic acids is 4. The van der Waals surface area contributed by atoms with E-state index in [2.05, 4.69) is 36.5 Å². The molecular weight excluding hydrogens is 715 g/mol. The average molecular weight is 758 g/mol. The molecule has 5 aliphatic heterocycles. The Morgan fingerprint density at radius 3 is 2.38 bits per heavy atom. The zero-order valence-corrected chi connectivity index (χ0v) is 30.6. The largest absolute Gasteiger partial charge is 0.417 e. The number of alkyl halides is 3. The van der Waals surface area contributed by atoms with Crippen molar-refractivity contribution >= 4 is 35.0 Å². The minimum atomic E-state index is -4.73. The summed E-state index contributed by atoms with van der Waals surface area (Å²) in [6.45, 7) is 9.47. The van der Waals surface area contributed by atoms with Crippen LogP contribution < -0.4 is 15.5 Å². The van der Waals surface area contributed by atoms with Gasteiger partial charge in [-0.1, -0.05) is 0 Å². The van der Waals surface area contributed by atoms with Crippen LogP contribution in [0, 0.1) is 11.3 Å². The Balaban J connectivity index is 0.789. The number of carbonyl (C=O) groups is 4. The highest BCUT2D eigenvalue weighted by atomic mass is 19.4. The van der Waals surface area contributed by atoms with Gasteiger partial charge in [-0.15, -0.1) is 0 Å². The Morgan fingerprint density at radius 2 is 1.69 bits per heavy atom. The third-order valence-corrected chi connectivity index (χ3v) is 12.1. The number of piperidine rings is 2. The van der Waals surface area contributed by atoms with E-state index in [1.807, 2.05) is 18.3 Å². The zero-order valence-electron chi connectivity index (χ0n) is 30.6. The molecule has 0 saturated carbocycles. The molecule has 1 unspecified atom stereocenters. The minimum Gasteiger partial charge on any atom is -0.368 e. The van der Waals surface area contributed by atoms with Crippen LogP contribution in [0.1, 0.15) is 78.1 Å². The summed E-state index contributed by atoms with van der Waals surface area (Å²) < 4.78 is 41.9. The van der Waals surface area contributed by atoms with Crippen LogP contribution in [0.25, 0.3) is 0 Å². The van der Waals surface area contributed by atoms with Gasteiger partial charge in [0, 0.05) is 74.4 Å². The van der Waals surface area contributed by atoms with E-state index in [4.69, 9.17) is 5.26 Å². The van der Waals surface area contributed by atoms with Crippen LogP contribution in [0.4, 0.5) is 24.5 Å². The van der Waals surface area contributed by atoms with Crippen molar-refractivity contribution in [3.63, 3.8) is 0 Å². The molecule has 5 aliphatic rings. The number of nitrogens with zero attached hydrogens (tertiary/aromatic N) is 7. The topological polar surface area (TPSA) is 147 Å². The number of nitrogens with one attached hydrogen (secondary N) is 2. The first-order valence-corrected chi connectivity index (χ1v) is 18.7. The highest BCUT2D eigenvalue weighted by Crippen LogP contribution is 2.37. The van der Waals surface area contributed by atoms with Crippen LogP contribution in [-0.4, -0.2) is 106 Å². The Morgan fingerprint density at radius 1 is 0.964 bits per heavy atom. The highest BCUT2D eigenvalue weighted by Gasteiger charge is 2.43. The maximum atomic E-state index is 13.5. The van der Waals surface area contributed by atoms with Crippen LogP contribution in [0.3, 0.4) is 0 Å². The van der Waals surface area contributed by atoms with E-state index in [1.54, 1.807) is 35.7 Å². The lowest BCUT2D eigenvalue weighted by molar-refractivity contribution is -0.138. The molecule has 0 radical (unpaired) electrons. The molecule has 4 saturated heterocycles. The van der Waals surface area contributed by atoms with E-state index < -0.39 is 40.7 Å². The number of fused-ring (bicyclic) bond motifs is 1. The smallest absolute Gasteiger partial charge is 0.368 e. The summed E-state index contributed by atoms with van der Waals surface area (Å²) in [6, 6.07) is 10.9. The monoisotopic (exact) mass is 757 g/mol. The van der Waals surface area contributed by atoms with Gasteiger partial charge in [-0.2, -0.15) is 23.5 Å². The average Bonchev–Trinajstić information content (AvgIpc) is 3.74. The van der Waals surface area contributed by atoms with Crippen LogP contribution in [-0.2, 0) is 32.6 Å². The Bertz CT molecular complexity index is 2090. The molecule has 0 bridgehead atoms. The molecule has 4 amide bonds. The van der Waals surface area contributed by atoms with Gasteiger partial charge in [0.15, 0.2) is 0 Å². The fraction of sp³-hybridized carbons (Fsp3) is 0.487. The van der Waals surface area contributed by atoms with Gasteiger partial charge in [0.2, 0.25) is 11.8 Å². The quantitative estimate of drug-likeness (QED) is 0.329. The number of anilines is 2. The van der Waals surface area contributed by atoms with Crippen LogP contribution >= 0.6 is 0 Å². The van der Waals surface area contributed by atoms with Crippen molar-refractivity contribution in [3.05, 3.63) is 76.6 Å². The third kappa shape index (κ3) is 6.84. The molecule has 2 aromatic carbocycles. The number of halogens is 3. The first kappa shape index (κ1) is 36.7. The summed E-state index contributed by atoms with van der Waals surface area (Å²) in [5, 5.41) is 18.5. The summed E-state index contributed by atoms with van der Waals surface area (Å²) in [4.78, 5) is 59.3. The number of aromatic nitrogens is 2. The second kappa shape index (κ2) is 13.8. The lowest BCUT2D eigenvalue weighted by atomic mass is 9.89. The van der Waals surface area contributed by atoms with Crippen molar-refractivity contribution in [2.45, 2.75) is 81.8 Å². The molecule has 8 rings (SSSR count). The normalized spacial score (nSPS) is 21.9. The molecule has 13 nitrogen and oxygen atoms in total. The summed E-state index contributed by atoms with van der Waals surface area (Å²) in [5.74, 6) is -1.11. The van der Waals surface area contributed by atoms with Crippen molar-refractivity contribution in [2.75, 3.05) is 49.5 Å². The van der Waals surface area contributed by atoms with Gasteiger partial charge in [0.25, 0.3) is 11.8 Å². The molecule has 1 atom stereocenters. The minimum absolute atomic E-state index is 0.0484. The number of likely N-dealkylation sites (tertiary alicyclic amines) is 2. The fourth-order valence-electron chi connectivity index (χ4n) is 8.46. The van der Waals surface area contributed by atoms with Gasteiger partial charge < -0.3 is 15.1 Å². The van der Waals surface area contributed by atoms with Gasteiger partial charge in [-0.25, -0.2) is 0 Å². The highest BCUT2D eigenvalue weighted by molar-refractivity contribution is 6.05. The van der Waals surface area contributed by atoms with Gasteiger partial charge >= 0.3 is 6.18 Å². The maximum Gasteiger partial charge on any atom is 0.417 e. The van der Waals surface area contributed by atoms with E-state index >= 15 is 0 Å². The molecule has 16 heteroatoms. The number of hydrogen-bond acceptors (Lipinski definition) is 9. The lowest BCUT2D eigenvalue weighted by Crippen LogP contribution is -2.70. The Kier molecular flexibility index (Phi) is 9.20. The molecular formula is C39H42F3N9O4. The number of amides is 4. The first-order valence-electron chi connectivity index (χ1n) is 18.7. The van der Waals surface area contributed by atoms with E-state index in [-0.39, 0.29) is 29.8 Å². The number of imide groups is 1. The number of nitriles is 1. The van der Waals surface area contributed by atoms with Crippen LogP contribution in [0.15, 0.2) is 48.8 Å². The molecule has 1 aromatic heterocycles. The van der Waals surface area contributed by atoms with Gasteiger partial charge in [-0.3, -0.25) is 39.0 Å². The van der Waals surface area contributed by atoms with Crippen molar-refractivity contribution in [1.29, 1.82) is 5.26 Å². The van der Waals surface area contributed by atoms with E-state index in [9.17, 15) is 32.3 Å². The second-order valence-corrected chi connectivity index (χ2v) is 15.8. The van der Waals surface area contributed by atoms with Crippen molar-refractivity contribution in [3.8, 4) is 6.07 Å². The molecule has 288 valence electrons. The van der Waals surface area contributed by atoms with Crippen molar-refractivity contribution in [2.24, 2.45) is 0 Å². The second-order valence-electron chi connectivity index (χ2n) is 15.8. The van der Waals surface area contributed by atoms with Crippen molar-refractivity contribution in [1.82, 2.24) is 29.8 Å². The van der Waals surface area contributed by atoms with Crippen molar-refractivity contribution < 1.29 is 32.3 Å². The number of rotatable bonds is 8. The Labute approximate surface area is 316 Å². The first-order chi connectivity index (χ1) is 26.2. The van der Waals surface area contributed by atoms with E-state index in [0.717, 1.165) is 81.1 Å². The zero-order chi connectivity index (χ0) is 38.8.